The molecule has 2 unspecified atom stereocenters. The Balaban J connectivity index is 3.29. The van der Waals surface area contributed by atoms with Gasteiger partial charge in [0.1, 0.15) is 5.75 Å². The molecule has 0 spiro atoms. The van der Waals surface area contributed by atoms with Gasteiger partial charge in [0.15, 0.2) is 0 Å². The Morgan fingerprint density at radius 1 is 0.788 bits per heavy atom. The highest BCUT2D eigenvalue weighted by Crippen LogP contribution is 2.61. The lowest BCUT2D eigenvalue weighted by molar-refractivity contribution is -0.440. The van der Waals surface area contributed by atoms with Crippen molar-refractivity contribution in [1.82, 2.24) is 0 Å². The van der Waals surface area contributed by atoms with Gasteiger partial charge in [-0.2, -0.15) is 57.1 Å². The molecule has 0 aliphatic heterocycles. The molecule has 2 nitrogen and oxygen atoms in total. The summed E-state index contributed by atoms with van der Waals surface area (Å²) in [5.41, 5.74) is -0.637. The van der Waals surface area contributed by atoms with Crippen molar-refractivity contribution in [3.05, 3.63) is 29.8 Å². The second-order valence-corrected chi connectivity index (χ2v) is 7.13. The molecule has 2 atom stereocenters. The zero-order valence-corrected chi connectivity index (χ0v) is 16.6. The highest BCUT2D eigenvalue weighted by atomic mass is 19.4. The molecule has 0 bridgehead atoms. The minimum absolute atomic E-state index is 0.0855. The zero-order chi connectivity index (χ0) is 26.3. The maximum Gasteiger partial charge on any atom is 0.460 e. The van der Waals surface area contributed by atoms with Crippen molar-refractivity contribution >= 4 is 0 Å². The van der Waals surface area contributed by atoms with Crippen molar-refractivity contribution in [3.8, 4) is 5.75 Å². The van der Waals surface area contributed by atoms with Gasteiger partial charge in [-0.15, -0.1) is 0 Å². The number of aliphatic hydroxyl groups is 1. The quantitative estimate of drug-likeness (QED) is 0.342. The number of aliphatic hydroxyl groups excluding tert-OH is 1. The van der Waals surface area contributed by atoms with Gasteiger partial charge in [0.2, 0.25) is 0 Å². The summed E-state index contributed by atoms with van der Waals surface area (Å²) in [6.45, 7) is 3.25. The standard InChI is InChI=1S/C18H17F13O2/c1-3-9(2)33-11-6-4-5-10(7-11)12(32)8-13(19,20)14(21,22)15(23,24)16(25,26)17(27,28)18(29,30)31/h4-7,9,12,32H,3,8H2,1-2H3. The van der Waals surface area contributed by atoms with E-state index >= 15 is 0 Å². The summed E-state index contributed by atoms with van der Waals surface area (Å²) in [7, 11) is 0. The van der Waals surface area contributed by atoms with Crippen molar-refractivity contribution in [3.63, 3.8) is 0 Å². The first kappa shape index (κ1) is 29.1. The van der Waals surface area contributed by atoms with E-state index in [-0.39, 0.29) is 5.75 Å². The van der Waals surface area contributed by atoms with Crippen molar-refractivity contribution in [2.45, 2.75) is 74.7 Å². The summed E-state index contributed by atoms with van der Waals surface area (Å²) in [6, 6.07) is 3.98. The first-order chi connectivity index (χ1) is 14.6. The third-order valence-electron chi connectivity index (χ3n) is 4.60. The lowest BCUT2D eigenvalue weighted by Crippen LogP contribution is -2.70. The maximum absolute atomic E-state index is 13.9. The molecule has 0 aliphatic rings. The van der Waals surface area contributed by atoms with Gasteiger partial charge in [-0.05, 0) is 31.0 Å². The number of hydrogen-bond acceptors (Lipinski definition) is 2. The van der Waals surface area contributed by atoms with Crippen LogP contribution in [-0.4, -0.2) is 47.0 Å². The summed E-state index contributed by atoms with van der Waals surface area (Å²) in [5, 5.41) is 9.76. The zero-order valence-electron chi connectivity index (χ0n) is 16.6. The molecule has 0 aromatic heterocycles. The number of alkyl halides is 13. The van der Waals surface area contributed by atoms with Crippen LogP contribution in [0.5, 0.6) is 5.75 Å². The van der Waals surface area contributed by atoms with E-state index in [0.29, 0.717) is 6.42 Å². The van der Waals surface area contributed by atoms with E-state index in [1.54, 1.807) is 13.8 Å². The number of hydrogen-bond donors (Lipinski definition) is 1. The molecule has 1 N–H and O–H groups in total. The molecule has 15 heteroatoms. The van der Waals surface area contributed by atoms with Crippen LogP contribution >= 0.6 is 0 Å². The molecule has 0 amide bonds. The Morgan fingerprint density at radius 2 is 1.27 bits per heavy atom. The van der Waals surface area contributed by atoms with Crippen LogP contribution < -0.4 is 4.74 Å². The predicted molar refractivity (Wildman–Crippen MR) is 87.2 cm³/mol. The van der Waals surface area contributed by atoms with E-state index in [0.717, 1.165) is 18.2 Å². The van der Waals surface area contributed by atoms with Gasteiger partial charge in [-0.25, -0.2) is 0 Å². The lowest BCUT2D eigenvalue weighted by atomic mass is 9.90. The van der Waals surface area contributed by atoms with E-state index in [4.69, 9.17) is 4.74 Å². The van der Waals surface area contributed by atoms with Crippen LogP contribution in [0.2, 0.25) is 0 Å². The molecule has 33 heavy (non-hydrogen) atoms. The third kappa shape index (κ3) is 5.11. The Bertz CT molecular complexity index is 805. The molecular weight excluding hydrogens is 495 g/mol. The van der Waals surface area contributed by atoms with Gasteiger partial charge in [0.25, 0.3) is 0 Å². The van der Waals surface area contributed by atoms with Crippen LogP contribution in [0.15, 0.2) is 24.3 Å². The van der Waals surface area contributed by atoms with E-state index in [2.05, 4.69) is 0 Å². The van der Waals surface area contributed by atoms with Crippen molar-refractivity contribution < 1.29 is 66.9 Å². The Labute approximate surface area is 178 Å². The summed E-state index contributed by atoms with van der Waals surface area (Å²) in [5.74, 6) is -37.5. The third-order valence-corrected chi connectivity index (χ3v) is 4.60. The monoisotopic (exact) mass is 512 g/mol. The maximum atomic E-state index is 13.9. The van der Waals surface area contributed by atoms with E-state index in [1.165, 1.54) is 6.07 Å². The first-order valence-electron chi connectivity index (χ1n) is 8.97. The van der Waals surface area contributed by atoms with Gasteiger partial charge < -0.3 is 9.84 Å². The Hall–Kier alpha value is -1.93. The van der Waals surface area contributed by atoms with Gasteiger partial charge in [0.05, 0.1) is 12.2 Å². The molecule has 0 fully saturated rings. The fourth-order valence-electron chi connectivity index (χ4n) is 2.40. The van der Waals surface area contributed by atoms with Crippen molar-refractivity contribution in [2.24, 2.45) is 0 Å². The second-order valence-electron chi connectivity index (χ2n) is 7.13. The lowest BCUT2D eigenvalue weighted by Gasteiger charge is -2.40. The largest absolute Gasteiger partial charge is 0.491 e. The number of halogens is 13. The van der Waals surface area contributed by atoms with E-state index < -0.39 is 60.0 Å². The number of benzene rings is 1. The molecule has 0 saturated heterocycles. The van der Waals surface area contributed by atoms with Crippen LogP contribution in [0.25, 0.3) is 0 Å². The average molecular weight is 512 g/mol. The molecule has 1 aromatic rings. The average Bonchev–Trinajstić information content (AvgIpc) is 2.66. The molecule has 0 radical (unpaired) electrons. The second kappa shape index (κ2) is 9.02. The molecule has 0 heterocycles. The fraction of sp³-hybridized carbons (Fsp3) is 0.667. The molecule has 1 aromatic carbocycles. The fourth-order valence-corrected chi connectivity index (χ4v) is 2.40. The topological polar surface area (TPSA) is 29.5 Å². The number of ether oxygens (including phenoxy) is 1. The highest BCUT2D eigenvalue weighted by molar-refractivity contribution is 5.30. The Morgan fingerprint density at radius 3 is 1.73 bits per heavy atom. The molecule has 192 valence electrons. The van der Waals surface area contributed by atoms with Crippen LogP contribution in [0.4, 0.5) is 57.1 Å². The number of rotatable bonds is 10. The predicted octanol–water partition coefficient (Wildman–Crippen LogP) is 7.03. The SMILES string of the molecule is CCC(C)Oc1cccc(C(O)CC(F)(F)C(F)(F)C(F)(F)C(F)(F)C(F)(F)C(F)(F)F)c1. The molecule has 0 saturated carbocycles. The van der Waals surface area contributed by atoms with Crippen molar-refractivity contribution in [2.75, 3.05) is 0 Å². The first-order valence-corrected chi connectivity index (χ1v) is 8.97. The van der Waals surface area contributed by atoms with Crippen molar-refractivity contribution in [1.29, 1.82) is 0 Å². The van der Waals surface area contributed by atoms with Gasteiger partial charge >= 0.3 is 35.8 Å². The van der Waals surface area contributed by atoms with Crippen LogP contribution in [0.3, 0.4) is 0 Å². The van der Waals surface area contributed by atoms with Crippen LogP contribution in [0, 0.1) is 0 Å². The molecule has 0 aliphatic carbocycles. The van der Waals surface area contributed by atoms with Crippen LogP contribution in [-0.2, 0) is 0 Å². The summed E-state index contributed by atoms with van der Waals surface area (Å²) in [6.07, 6.45) is -12.9. The normalized spacial score (nSPS) is 16.5. The smallest absolute Gasteiger partial charge is 0.460 e. The molecular formula is C18H17F13O2. The summed E-state index contributed by atoms with van der Waals surface area (Å²) >= 11 is 0. The summed E-state index contributed by atoms with van der Waals surface area (Å²) < 4.78 is 176. The highest BCUT2D eigenvalue weighted by Gasteiger charge is 2.90. The van der Waals surface area contributed by atoms with E-state index in [1.807, 2.05) is 0 Å². The minimum atomic E-state index is -7.97. The van der Waals surface area contributed by atoms with Crippen LogP contribution in [0.1, 0.15) is 38.4 Å². The van der Waals surface area contributed by atoms with Gasteiger partial charge in [0, 0.05) is 6.42 Å². The van der Waals surface area contributed by atoms with E-state index in [9.17, 15) is 62.2 Å². The summed E-state index contributed by atoms with van der Waals surface area (Å²) in [4.78, 5) is 0. The van der Waals surface area contributed by atoms with Gasteiger partial charge in [-0.1, -0.05) is 19.1 Å². The Kier molecular flexibility index (Phi) is 7.96. The molecule has 1 rings (SSSR count). The minimum Gasteiger partial charge on any atom is -0.491 e. The van der Waals surface area contributed by atoms with Gasteiger partial charge in [-0.3, -0.25) is 0 Å².